The number of nitrogens with zero attached hydrogens (tertiary/aromatic N) is 1. The van der Waals surface area contributed by atoms with Gasteiger partial charge < -0.3 is 11.1 Å². The van der Waals surface area contributed by atoms with Gasteiger partial charge in [0.25, 0.3) is 0 Å². The Kier molecular flexibility index (Phi) is 4.55. The minimum Gasteiger partial charge on any atom is -0.332 e. The number of hydrogen-bond donors (Lipinski definition) is 3. The lowest BCUT2D eigenvalue weighted by atomic mass is 9.53. The summed E-state index contributed by atoms with van der Waals surface area (Å²) in [5.74, 6) is 2.12. The Labute approximate surface area is 156 Å². The highest BCUT2D eigenvalue weighted by atomic mass is 16.2. The number of amides is 3. The van der Waals surface area contributed by atoms with Crippen LogP contribution in [0.15, 0.2) is 0 Å². The van der Waals surface area contributed by atoms with Crippen LogP contribution >= 0.6 is 0 Å². The van der Waals surface area contributed by atoms with E-state index in [0.717, 1.165) is 56.5 Å². The zero-order valence-electron chi connectivity index (χ0n) is 16.2. The normalized spacial score (nSPS) is 41.0. The van der Waals surface area contributed by atoms with E-state index in [9.17, 15) is 9.59 Å². The fourth-order valence-corrected chi connectivity index (χ4v) is 6.53. The molecule has 4 N–H and O–H groups in total. The number of nitrogens with two attached hydrogens (primary N) is 1. The lowest BCUT2D eigenvalue weighted by molar-refractivity contribution is -0.122. The van der Waals surface area contributed by atoms with E-state index in [0.29, 0.717) is 0 Å². The number of likely N-dealkylation sites (tertiary alicyclic amines) is 1. The molecule has 5 fully saturated rings. The summed E-state index contributed by atoms with van der Waals surface area (Å²) in [7, 11) is 0. The summed E-state index contributed by atoms with van der Waals surface area (Å²) in [5.41, 5.74) is 6.10. The first-order valence-corrected chi connectivity index (χ1v) is 10.3. The molecule has 6 nitrogen and oxygen atoms in total. The standard InChI is InChI=1S/C20H34N4O2/c1-19(2)12-24(4-3-16(19)21)11-17(25)22-18(26)23-20-8-13-5-14(9-20)7-15(6-13)10-20/h13-16H,3-12,21H2,1-2H3,(H2,22,23,25,26). The van der Waals surface area contributed by atoms with Gasteiger partial charge >= 0.3 is 6.03 Å². The molecule has 1 aliphatic heterocycles. The topological polar surface area (TPSA) is 87.5 Å². The maximum Gasteiger partial charge on any atom is 0.321 e. The van der Waals surface area contributed by atoms with Crippen molar-refractivity contribution in [2.45, 2.75) is 70.4 Å². The molecule has 4 aliphatic carbocycles. The van der Waals surface area contributed by atoms with Crippen molar-refractivity contribution in [2.24, 2.45) is 28.9 Å². The quantitative estimate of drug-likeness (QED) is 0.715. The number of nitrogens with one attached hydrogen (secondary N) is 2. The van der Waals surface area contributed by atoms with Crippen molar-refractivity contribution in [2.75, 3.05) is 19.6 Å². The third kappa shape index (κ3) is 3.63. The predicted molar refractivity (Wildman–Crippen MR) is 100 cm³/mol. The molecule has 1 atom stereocenters. The van der Waals surface area contributed by atoms with Gasteiger partial charge in [0.1, 0.15) is 0 Å². The summed E-state index contributed by atoms with van der Waals surface area (Å²) >= 11 is 0. The van der Waals surface area contributed by atoms with Crippen molar-refractivity contribution >= 4 is 11.9 Å². The van der Waals surface area contributed by atoms with Crippen molar-refractivity contribution < 1.29 is 9.59 Å². The molecular weight excluding hydrogens is 328 g/mol. The molecule has 1 saturated heterocycles. The molecule has 5 rings (SSSR count). The van der Waals surface area contributed by atoms with Gasteiger partial charge in [0.2, 0.25) is 5.91 Å². The summed E-state index contributed by atoms with van der Waals surface area (Å²) in [5, 5.41) is 5.79. The smallest absolute Gasteiger partial charge is 0.321 e. The molecule has 1 unspecified atom stereocenters. The van der Waals surface area contributed by atoms with Crippen LogP contribution in [-0.4, -0.2) is 48.1 Å². The lowest BCUT2D eigenvalue weighted by Gasteiger charge is -2.56. The average molecular weight is 363 g/mol. The van der Waals surface area contributed by atoms with Crippen LogP contribution in [0.4, 0.5) is 4.79 Å². The first-order valence-electron chi connectivity index (χ1n) is 10.3. The summed E-state index contributed by atoms with van der Waals surface area (Å²) in [4.78, 5) is 26.9. The fraction of sp³-hybridized carbons (Fsp3) is 0.900. The summed E-state index contributed by atoms with van der Waals surface area (Å²) in [6.45, 7) is 6.15. The molecule has 0 aromatic carbocycles. The minimum absolute atomic E-state index is 0.0000140. The van der Waals surface area contributed by atoms with Crippen LogP contribution in [-0.2, 0) is 4.79 Å². The second-order valence-electron chi connectivity index (χ2n) is 10.3. The van der Waals surface area contributed by atoms with Crippen LogP contribution in [0, 0.1) is 23.2 Å². The van der Waals surface area contributed by atoms with Crippen LogP contribution in [0.2, 0.25) is 0 Å². The molecule has 4 saturated carbocycles. The van der Waals surface area contributed by atoms with Crippen LogP contribution < -0.4 is 16.4 Å². The Balaban J connectivity index is 1.28. The van der Waals surface area contributed by atoms with E-state index >= 15 is 0 Å². The second kappa shape index (κ2) is 6.48. The Morgan fingerprint density at radius 1 is 1.08 bits per heavy atom. The molecule has 5 aliphatic rings. The van der Waals surface area contributed by atoms with E-state index in [-0.39, 0.29) is 35.5 Å². The first-order chi connectivity index (χ1) is 12.2. The summed E-state index contributed by atoms with van der Waals surface area (Å²) in [6, 6.07) is -0.133. The Morgan fingerprint density at radius 2 is 1.65 bits per heavy atom. The second-order valence-corrected chi connectivity index (χ2v) is 10.3. The first kappa shape index (κ1) is 18.2. The van der Waals surface area contributed by atoms with Crippen molar-refractivity contribution in [3.05, 3.63) is 0 Å². The zero-order valence-corrected chi connectivity index (χ0v) is 16.2. The number of hydrogen-bond acceptors (Lipinski definition) is 4. The highest BCUT2D eigenvalue weighted by Crippen LogP contribution is 2.55. The van der Waals surface area contributed by atoms with Crippen LogP contribution in [0.25, 0.3) is 0 Å². The number of imide groups is 1. The summed E-state index contributed by atoms with van der Waals surface area (Å²) in [6.07, 6.45) is 8.20. The molecule has 0 spiro atoms. The highest BCUT2D eigenvalue weighted by molar-refractivity contribution is 5.95. The molecule has 26 heavy (non-hydrogen) atoms. The van der Waals surface area contributed by atoms with Crippen molar-refractivity contribution in [1.82, 2.24) is 15.5 Å². The molecule has 0 aromatic heterocycles. The predicted octanol–water partition coefficient (Wildman–Crippen LogP) is 1.84. The van der Waals surface area contributed by atoms with Crippen molar-refractivity contribution in [1.29, 1.82) is 0 Å². The van der Waals surface area contributed by atoms with Gasteiger partial charge in [-0.2, -0.15) is 0 Å². The fourth-order valence-electron chi connectivity index (χ4n) is 6.53. The van der Waals surface area contributed by atoms with Gasteiger partial charge in [0, 0.05) is 24.7 Å². The van der Waals surface area contributed by atoms with E-state index in [1.54, 1.807) is 0 Å². The van der Waals surface area contributed by atoms with E-state index in [4.69, 9.17) is 5.73 Å². The molecule has 1 heterocycles. The van der Waals surface area contributed by atoms with Gasteiger partial charge in [-0.1, -0.05) is 13.8 Å². The Hall–Kier alpha value is -1.14. The summed E-state index contributed by atoms with van der Waals surface area (Å²) < 4.78 is 0. The Morgan fingerprint density at radius 3 is 2.19 bits per heavy atom. The monoisotopic (exact) mass is 362 g/mol. The molecule has 146 valence electrons. The van der Waals surface area contributed by atoms with Gasteiger partial charge in [-0.25, -0.2) is 4.79 Å². The van der Waals surface area contributed by atoms with Crippen LogP contribution in [0.5, 0.6) is 0 Å². The molecule has 0 radical (unpaired) electrons. The van der Waals surface area contributed by atoms with Crippen molar-refractivity contribution in [3.63, 3.8) is 0 Å². The van der Waals surface area contributed by atoms with Gasteiger partial charge in [0.05, 0.1) is 6.54 Å². The molecular formula is C20H34N4O2. The third-order valence-electron chi connectivity index (χ3n) is 7.43. The lowest BCUT2D eigenvalue weighted by Crippen LogP contribution is -2.62. The van der Waals surface area contributed by atoms with E-state index in [1.807, 2.05) is 0 Å². The molecule has 4 bridgehead atoms. The maximum atomic E-state index is 12.5. The van der Waals surface area contributed by atoms with Gasteiger partial charge in [-0.05, 0) is 68.1 Å². The molecule has 3 amide bonds. The van der Waals surface area contributed by atoms with E-state index in [1.165, 1.54) is 19.3 Å². The van der Waals surface area contributed by atoms with Crippen LogP contribution in [0.3, 0.4) is 0 Å². The van der Waals surface area contributed by atoms with Gasteiger partial charge in [0.15, 0.2) is 0 Å². The number of carbonyl (C=O) groups excluding carboxylic acids is 2. The van der Waals surface area contributed by atoms with E-state index < -0.39 is 0 Å². The maximum absolute atomic E-state index is 12.5. The SMILES string of the molecule is CC1(C)CN(CC(=O)NC(=O)NC23CC4CC(CC(C4)C2)C3)CCC1N. The zero-order chi connectivity index (χ0) is 18.5. The number of urea groups is 1. The number of piperidine rings is 1. The highest BCUT2D eigenvalue weighted by Gasteiger charge is 2.51. The minimum atomic E-state index is -0.301. The Bertz CT molecular complexity index is 553. The third-order valence-corrected chi connectivity index (χ3v) is 7.43. The van der Waals surface area contributed by atoms with Gasteiger partial charge in [-0.15, -0.1) is 0 Å². The number of carbonyl (C=O) groups is 2. The van der Waals surface area contributed by atoms with Crippen LogP contribution in [0.1, 0.15) is 58.8 Å². The van der Waals surface area contributed by atoms with Gasteiger partial charge in [-0.3, -0.25) is 15.0 Å². The van der Waals surface area contributed by atoms with Crippen molar-refractivity contribution in [3.8, 4) is 0 Å². The molecule has 6 heteroatoms. The largest absolute Gasteiger partial charge is 0.332 e. The molecule has 0 aromatic rings. The van der Waals surface area contributed by atoms with E-state index in [2.05, 4.69) is 29.4 Å². The average Bonchev–Trinajstić information content (AvgIpc) is 2.48. The number of rotatable bonds is 3.